The third-order valence-electron chi connectivity index (χ3n) is 16.0. The number of aliphatic hydroxyl groups excluding tert-OH is 2. The van der Waals surface area contributed by atoms with Crippen LogP contribution in [0.15, 0.2) is 55.0 Å². The van der Waals surface area contributed by atoms with Crippen LogP contribution in [0, 0.1) is 17.8 Å². The van der Waals surface area contributed by atoms with E-state index < -0.39 is 89.9 Å². The number of carbonyl (C=O) groups is 1. The van der Waals surface area contributed by atoms with E-state index in [0.29, 0.717) is 39.1 Å². The van der Waals surface area contributed by atoms with E-state index in [4.69, 9.17) is 33.2 Å². The van der Waals surface area contributed by atoms with Crippen molar-refractivity contribution in [2.24, 2.45) is 17.8 Å². The van der Waals surface area contributed by atoms with Gasteiger partial charge in [0, 0.05) is 89.0 Å². The maximum Gasteiger partial charge on any atom is 0.311 e. The highest BCUT2D eigenvalue weighted by Gasteiger charge is 2.52. The van der Waals surface area contributed by atoms with Crippen molar-refractivity contribution in [1.29, 1.82) is 0 Å². The molecule has 410 valence electrons. The molecule has 18 nitrogen and oxygen atoms in total. The summed E-state index contributed by atoms with van der Waals surface area (Å²) >= 11 is 0. The summed E-state index contributed by atoms with van der Waals surface area (Å²) < 4.78 is 46.6. The van der Waals surface area contributed by atoms with Crippen molar-refractivity contribution in [3.63, 3.8) is 0 Å². The molecular weight excluding hydrogens is 937 g/mol. The fraction of sp³-hybridized carbons (Fsp3) is 0.745. The molecule has 0 unspecified atom stereocenters. The Morgan fingerprint density at radius 1 is 0.918 bits per heavy atom. The number of carbonyl (C=O) groups excluding carboxylic acids is 1. The molecule has 0 spiro atoms. The molecule has 4 N–H and O–H groups in total. The van der Waals surface area contributed by atoms with Crippen LogP contribution in [0.2, 0.25) is 0 Å². The van der Waals surface area contributed by atoms with E-state index in [1.165, 1.54) is 14.0 Å². The third kappa shape index (κ3) is 14.8. The summed E-state index contributed by atoms with van der Waals surface area (Å²) in [4.78, 5) is 23.0. The second-order valence-electron chi connectivity index (χ2n) is 22.3. The van der Waals surface area contributed by atoms with Crippen LogP contribution in [-0.2, 0) is 46.2 Å². The summed E-state index contributed by atoms with van der Waals surface area (Å²) in [5, 5.41) is 56.4. The van der Waals surface area contributed by atoms with Gasteiger partial charge in [0.1, 0.15) is 29.7 Å². The van der Waals surface area contributed by atoms with Gasteiger partial charge in [0.15, 0.2) is 12.6 Å². The van der Waals surface area contributed by atoms with Gasteiger partial charge in [-0.05, 0) is 117 Å². The van der Waals surface area contributed by atoms with Crippen LogP contribution >= 0.6 is 0 Å². The maximum absolute atomic E-state index is 14.5. The first-order valence-corrected chi connectivity index (χ1v) is 26.6. The highest BCUT2D eigenvalue weighted by molar-refractivity contribution is 5.73. The predicted octanol–water partition coefficient (Wildman–Crippen LogP) is 5.67. The minimum absolute atomic E-state index is 0.0670. The molecule has 2 aromatic heterocycles. The van der Waals surface area contributed by atoms with Crippen LogP contribution in [-0.4, -0.2) is 181 Å². The van der Waals surface area contributed by atoms with Crippen LogP contribution in [0.25, 0.3) is 11.1 Å². The predicted molar refractivity (Wildman–Crippen MR) is 275 cm³/mol. The van der Waals surface area contributed by atoms with Gasteiger partial charge < -0.3 is 63.4 Å². The summed E-state index contributed by atoms with van der Waals surface area (Å²) in [5.41, 5.74) is -1.29. The average Bonchev–Trinajstić information content (AvgIpc) is 3.82. The number of aryl methyl sites for hydroxylation is 1. The lowest BCUT2D eigenvalue weighted by atomic mass is 9.77. The Morgan fingerprint density at radius 2 is 1.64 bits per heavy atom. The van der Waals surface area contributed by atoms with Crippen molar-refractivity contribution in [1.82, 2.24) is 29.8 Å². The number of methoxy groups -OCH3 is 1. The van der Waals surface area contributed by atoms with Gasteiger partial charge in [-0.25, -0.2) is 0 Å². The largest absolute Gasteiger partial charge is 0.494 e. The van der Waals surface area contributed by atoms with Gasteiger partial charge >= 0.3 is 5.97 Å². The zero-order valence-corrected chi connectivity index (χ0v) is 45.8. The van der Waals surface area contributed by atoms with Crippen LogP contribution < -0.4 is 4.74 Å². The molecular formula is C55H88N6O12. The summed E-state index contributed by atoms with van der Waals surface area (Å²) in [6, 6.07) is 11.5. The average molecular weight is 1030 g/mol. The fourth-order valence-electron chi connectivity index (χ4n) is 11.3. The van der Waals surface area contributed by atoms with E-state index in [1.54, 1.807) is 40.8 Å². The quantitative estimate of drug-likeness (QED) is 0.101. The number of esters is 1. The van der Waals surface area contributed by atoms with E-state index in [2.05, 4.69) is 27.2 Å². The van der Waals surface area contributed by atoms with Crippen LogP contribution in [0.3, 0.4) is 0 Å². The Bertz CT molecular complexity index is 2150. The Kier molecular flexibility index (Phi) is 20.4. The van der Waals surface area contributed by atoms with Gasteiger partial charge in [-0.1, -0.05) is 44.2 Å². The van der Waals surface area contributed by atoms with E-state index >= 15 is 0 Å². The number of benzene rings is 1. The van der Waals surface area contributed by atoms with E-state index in [9.17, 15) is 25.2 Å². The van der Waals surface area contributed by atoms with E-state index in [1.807, 2.05) is 93.1 Å². The zero-order valence-electron chi connectivity index (χ0n) is 45.8. The molecule has 17 atom stereocenters. The second kappa shape index (κ2) is 25.5. The summed E-state index contributed by atoms with van der Waals surface area (Å²) in [6.07, 6.45) is 1.27. The molecule has 3 aromatic rings. The maximum atomic E-state index is 14.5. The molecule has 0 amide bonds. The molecule has 0 aliphatic carbocycles. The molecule has 0 bridgehead atoms. The Labute approximate surface area is 434 Å². The number of cyclic esters (lactones) is 1. The minimum atomic E-state index is -1.80. The van der Waals surface area contributed by atoms with Crippen LogP contribution in [0.5, 0.6) is 5.75 Å². The van der Waals surface area contributed by atoms with Gasteiger partial charge in [0.25, 0.3) is 0 Å². The third-order valence-corrected chi connectivity index (χ3v) is 16.0. The summed E-state index contributed by atoms with van der Waals surface area (Å²) in [5.74, 6) is -1.64. The van der Waals surface area contributed by atoms with Gasteiger partial charge in [0.05, 0.1) is 53.8 Å². The number of hydrogen-bond acceptors (Lipinski definition) is 17. The van der Waals surface area contributed by atoms with Crippen molar-refractivity contribution >= 4 is 5.97 Å². The van der Waals surface area contributed by atoms with Gasteiger partial charge in [0.2, 0.25) is 0 Å². The lowest BCUT2D eigenvalue weighted by Gasteiger charge is -2.48. The number of likely N-dealkylation sites (N-methyl/N-ethyl adjacent to an activating group) is 2. The van der Waals surface area contributed by atoms with Crippen molar-refractivity contribution in [3.8, 4) is 16.9 Å². The first kappa shape index (κ1) is 58.6. The zero-order chi connectivity index (χ0) is 53.4. The molecule has 0 radical (unpaired) electrons. The number of hydrogen-bond donors (Lipinski definition) is 4. The smallest absolute Gasteiger partial charge is 0.311 e. The Morgan fingerprint density at radius 3 is 2.32 bits per heavy atom. The molecule has 73 heavy (non-hydrogen) atoms. The number of rotatable bonds is 16. The molecule has 0 saturated carbocycles. The number of aromatic nitrogens is 4. The van der Waals surface area contributed by atoms with Crippen molar-refractivity contribution in [3.05, 3.63) is 60.7 Å². The van der Waals surface area contributed by atoms with E-state index in [0.717, 1.165) is 35.4 Å². The fourth-order valence-corrected chi connectivity index (χ4v) is 11.3. The van der Waals surface area contributed by atoms with Crippen molar-refractivity contribution in [2.75, 3.05) is 40.9 Å². The van der Waals surface area contributed by atoms with Gasteiger partial charge in [-0.15, -0.1) is 5.10 Å². The molecule has 6 rings (SSSR count). The normalized spacial score (nSPS) is 37.6. The number of aliphatic hydroxyl groups is 4. The van der Waals surface area contributed by atoms with Crippen LogP contribution in [0.4, 0.5) is 0 Å². The lowest BCUT2D eigenvalue weighted by molar-refractivity contribution is -0.308. The Balaban J connectivity index is 1.16. The Hall–Kier alpha value is -3.66. The molecule has 3 aliphatic heterocycles. The van der Waals surface area contributed by atoms with Crippen molar-refractivity contribution in [2.45, 2.75) is 205 Å². The minimum Gasteiger partial charge on any atom is -0.494 e. The van der Waals surface area contributed by atoms with E-state index in [-0.39, 0.29) is 37.3 Å². The highest BCUT2D eigenvalue weighted by Crippen LogP contribution is 2.40. The molecule has 3 aliphatic rings. The first-order chi connectivity index (χ1) is 34.5. The summed E-state index contributed by atoms with van der Waals surface area (Å²) in [7, 11) is 5.50. The second-order valence-corrected chi connectivity index (χ2v) is 22.3. The highest BCUT2D eigenvalue weighted by atomic mass is 16.7. The lowest BCUT2D eigenvalue weighted by Crippen LogP contribution is -2.59. The molecule has 18 heteroatoms. The molecule has 3 saturated heterocycles. The summed E-state index contributed by atoms with van der Waals surface area (Å²) in [6.45, 7) is 20.5. The van der Waals surface area contributed by atoms with Gasteiger partial charge in [-0.2, -0.15) is 0 Å². The molecule has 5 heterocycles. The number of ether oxygens (including phenoxy) is 7. The number of nitrogens with zero attached hydrogens (tertiary/aromatic N) is 6. The monoisotopic (exact) mass is 1020 g/mol. The SMILES string of the molecule is CC[C@H]1OC(=O)[C@H](C)[C@@H](O[C@H]2C[C@@](C)(OC)[C@@H](O)[C@H](C)O2)[C@H](C)[C@@H](O[C@H]2C[C@@H](N(C)CCc3cn(CCCOc4ccc(-c5cccnc5)cc4)nn3)C[C@@H](C)O2)[C@](C)(O)C[C@@H](C)CN(C)[C@H](C)[C@@H](O)[C@]1(C)O. The first-order valence-electron chi connectivity index (χ1n) is 26.6. The standard InChI is InChI=1S/C55H88N6O12/c1-14-45-55(10,66)49(62)38(6)60(12)32-34(2)29-53(8,65)51(36(4)48(37(5)52(64)71-45)72-47-30-54(9,67-13)50(63)39(7)70-47)73-46-28-43(27-35(3)69-46)59(11)25-22-42-33-61(58-57-42)24-16-26-68-44-20-18-40(19-21-44)41-17-15-23-56-31-41/h15,17-21,23,31,33-39,43,45-51,62-63,65-66H,14,16,22,24-30,32H2,1-13H3/t34-,35-,36+,37-,38-,39+,43+,45-,46+,47+,48+,49-,50+,51-,53-,54-,55-/m1/s1. The molecule has 3 fully saturated rings. The van der Waals surface area contributed by atoms with Crippen LogP contribution in [0.1, 0.15) is 113 Å². The number of pyridine rings is 1. The van der Waals surface area contributed by atoms with Crippen molar-refractivity contribution < 1.29 is 58.4 Å². The van der Waals surface area contributed by atoms with Gasteiger partial charge in [-0.3, -0.25) is 14.5 Å². The molecule has 1 aromatic carbocycles. The topological polar surface area (TPSA) is 213 Å².